The zero-order valence-electron chi connectivity index (χ0n) is 22.9. The molecule has 2 aliphatic heterocycles. The number of hydrogen-bond donors (Lipinski definition) is 1. The van der Waals surface area contributed by atoms with E-state index in [1.165, 1.54) is 19.7 Å². The van der Waals surface area contributed by atoms with Crippen LogP contribution in [0, 0.1) is 0 Å². The molecule has 2 amide bonds. The fourth-order valence-corrected chi connectivity index (χ4v) is 6.43. The van der Waals surface area contributed by atoms with Gasteiger partial charge in [0, 0.05) is 38.9 Å². The van der Waals surface area contributed by atoms with Crippen LogP contribution in [0.5, 0.6) is 0 Å². The average Bonchev–Trinajstić information content (AvgIpc) is 3.29. The van der Waals surface area contributed by atoms with Gasteiger partial charge in [0.05, 0.1) is 5.92 Å². The number of benzene rings is 3. The Morgan fingerprint density at radius 2 is 1.48 bits per heavy atom. The van der Waals surface area contributed by atoms with E-state index >= 15 is 0 Å². The maximum absolute atomic E-state index is 14.5. The van der Waals surface area contributed by atoms with Crippen molar-refractivity contribution in [3.8, 4) is 0 Å². The first-order chi connectivity index (χ1) is 19.3. The molecular formula is C31H36N4O4S. The highest BCUT2D eigenvalue weighted by Gasteiger charge is 2.45. The highest BCUT2D eigenvalue weighted by molar-refractivity contribution is 7.87. The number of amides is 2. The molecule has 0 aromatic heterocycles. The lowest BCUT2D eigenvalue weighted by molar-refractivity contribution is -0.138. The standard InChI is InChI=1S/C31H36N4O4S/c1-33(2)40(38,39)32-30(36)28-21-26(34-20-12-11-14-23-13-9-10-19-27(23)34)22-35(28)31(37)29(24-15-5-3-6-16-24)25-17-7-4-8-18-25/h3-10,13,15-19,26,28-29H,11-12,14,20-22H2,1-2H3,(H,32,36)/t26-,28-/m0/s1. The minimum Gasteiger partial charge on any atom is -0.366 e. The Kier molecular flexibility index (Phi) is 8.23. The molecule has 210 valence electrons. The van der Waals surface area contributed by atoms with Gasteiger partial charge in [-0.15, -0.1) is 0 Å². The van der Waals surface area contributed by atoms with Crippen LogP contribution in [0.2, 0.25) is 0 Å². The van der Waals surface area contributed by atoms with E-state index in [0.29, 0.717) is 13.0 Å². The smallest absolute Gasteiger partial charge is 0.303 e. The summed E-state index contributed by atoms with van der Waals surface area (Å²) in [6, 6.07) is 26.3. The first kappa shape index (κ1) is 27.9. The number of para-hydroxylation sites is 1. The number of carbonyl (C=O) groups excluding carboxylic acids is 2. The van der Waals surface area contributed by atoms with Crippen LogP contribution in [0.15, 0.2) is 84.9 Å². The van der Waals surface area contributed by atoms with Crippen molar-refractivity contribution in [3.05, 3.63) is 102 Å². The topological polar surface area (TPSA) is 90.0 Å². The molecule has 0 aliphatic carbocycles. The number of nitrogens with one attached hydrogen (secondary N) is 1. The van der Waals surface area contributed by atoms with Crippen molar-refractivity contribution in [3.63, 3.8) is 0 Å². The first-order valence-corrected chi connectivity index (χ1v) is 15.2. The minimum atomic E-state index is -4.02. The summed E-state index contributed by atoms with van der Waals surface area (Å²) in [5, 5.41) is 0. The second-order valence-electron chi connectivity index (χ2n) is 10.7. The molecule has 40 heavy (non-hydrogen) atoms. The van der Waals surface area contributed by atoms with Crippen LogP contribution in [0.1, 0.15) is 41.9 Å². The average molecular weight is 561 g/mol. The second kappa shape index (κ2) is 11.8. The molecule has 0 bridgehead atoms. The van der Waals surface area contributed by atoms with E-state index in [-0.39, 0.29) is 11.9 Å². The summed E-state index contributed by atoms with van der Waals surface area (Å²) >= 11 is 0. The number of hydrogen-bond acceptors (Lipinski definition) is 5. The zero-order valence-corrected chi connectivity index (χ0v) is 23.8. The Morgan fingerprint density at radius 3 is 2.10 bits per heavy atom. The molecule has 0 saturated carbocycles. The Labute approximate surface area is 236 Å². The third-order valence-corrected chi connectivity index (χ3v) is 9.35. The fraction of sp³-hybridized carbons (Fsp3) is 0.355. The molecular weight excluding hydrogens is 524 g/mol. The largest absolute Gasteiger partial charge is 0.366 e. The third-order valence-electron chi connectivity index (χ3n) is 7.92. The van der Waals surface area contributed by atoms with Crippen LogP contribution in [0.4, 0.5) is 5.69 Å². The summed E-state index contributed by atoms with van der Waals surface area (Å²) in [6.07, 6.45) is 3.39. The van der Waals surface area contributed by atoms with Gasteiger partial charge in [0.1, 0.15) is 6.04 Å². The van der Waals surface area contributed by atoms with E-state index in [0.717, 1.165) is 46.9 Å². The molecule has 1 saturated heterocycles. The van der Waals surface area contributed by atoms with Gasteiger partial charge in [-0.1, -0.05) is 78.9 Å². The number of carbonyl (C=O) groups is 2. The lowest BCUT2D eigenvalue weighted by Crippen LogP contribution is -2.51. The van der Waals surface area contributed by atoms with E-state index in [2.05, 4.69) is 21.8 Å². The first-order valence-electron chi connectivity index (χ1n) is 13.8. The minimum absolute atomic E-state index is 0.131. The lowest BCUT2D eigenvalue weighted by atomic mass is 9.90. The number of likely N-dealkylation sites (tertiary alicyclic amines) is 1. The summed E-state index contributed by atoms with van der Waals surface area (Å²) in [6.45, 7) is 1.14. The number of anilines is 1. The normalized spacial score (nSPS) is 19.4. The van der Waals surface area contributed by atoms with Crippen molar-refractivity contribution in [2.75, 3.05) is 32.1 Å². The molecule has 3 aromatic rings. The molecule has 1 fully saturated rings. The van der Waals surface area contributed by atoms with E-state index in [1.54, 1.807) is 4.90 Å². The van der Waals surface area contributed by atoms with Crippen LogP contribution < -0.4 is 9.62 Å². The maximum Gasteiger partial charge on any atom is 0.303 e. The number of nitrogens with zero attached hydrogens (tertiary/aromatic N) is 3. The lowest BCUT2D eigenvalue weighted by Gasteiger charge is -2.32. The molecule has 8 nitrogen and oxygen atoms in total. The van der Waals surface area contributed by atoms with Gasteiger partial charge in [0.2, 0.25) is 5.91 Å². The quantitative estimate of drug-likeness (QED) is 0.478. The van der Waals surface area contributed by atoms with Crippen LogP contribution in [-0.2, 0) is 26.2 Å². The highest BCUT2D eigenvalue weighted by Crippen LogP contribution is 2.35. The predicted octanol–water partition coefficient (Wildman–Crippen LogP) is 3.55. The predicted molar refractivity (Wildman–Crippen MR) is 156 cm³/mol. The molecule has 9 heteroatoms. The summed E-state index contributed by atoms with van der Waals surface area (Å²) in [4.78, 5) is 32.0. The van der Waals surface area contributed by atoms with Gasteiger partial charge < -0.3 is 9.80 Å². The Bertz CT molecular complexity index is 1410. The SMILES string of the molecule is CN(C)S(=O)(=O)NC(=O)[C@@H]1C[C@H](N2CCCCc3ccccc32)CN1C(=O)C(c1ccccc1)c1ccccc1. The van der Waals surface area contributed by atoms with E-state index in [1.807, 2.05) is 72.8 Å². The van der Waals surface area contributed by atoms with Crippen molar-refractivity contribution in [1.29, 1.82) is 0 Å². The summed E-state index contributed by atoms with van der Waals surface area (Å²) in [7, 11) is -1.29. The molecule has 0 unspecified atom stereocenters. The highest BCUT2D eigenvalue weighted by atomic mass is 32.2. The van der Waals surface area contributed by atoms with Gasteiger partial charge in [0.15, 0.2) is 0 Å². The van der Waals surface area contributed by atoms with Crippen molar-refractivity contribution < 1.29 is 18.0 Å². The Hall–Kier alpha value is -3.69. The van der Waals surface area contributed by atoms with Crippen molar-refractivity contribution in [2.45, 2.75) is 43.7 Å². The number of aryl methyl sites for hydroxylation is 1. The van der Waals surface area contributed by atoms with Crippen LogP contribution in [0.25, 0.3) is 0 Å². The number of rotatable bonds is 7. The van der Waals surface area contributed by atoms with Gasteiger partial charge >= 0.3 is 10.2 Å². The summed E-state index contributed by atoms with van der Waals surface area (Å²) in [5.41, 5.74) is 4.03. The maximum atomic E-state index is 14.5. The van der Waals surface area contributed by atoms with Crippen molar-refractivity contribution in [2.24, 2.45) is 0 Å². The third kappa shape index (κ3) is 5.76. The van der Waals surface area contributed by atoms with Gasteiger partial charge in [-0.2, -0.15) is 12.7 Å². The van der Waals surface area contributed by atoms with Crippen LogP contribution in [-0.4, -0.2) is 68.7 Å². The zero-order chi connectivity index (χ0) is 28.3. The van der Waals surface area contributed by atoms with Crippen LogP contribution in [0.3, 0.4) is 0 Å². The molecule has 2 aliphatic rings. The Morgan fingerprint density at radius 1 is 0.875 bits per heavy atom. The molecule has 2 atom stereocenters. The monoisotopic (exact) mass is 560 g/mol. The van der Waals surface area contributed by atoms with E-state index < -0.39 is 28.1 Å². The van der Waals surface area contributed by atoms with Gasteiger partial charge in [-0.05, 0) is 48.4 Å². The molecule has 2 heterocycles. The molecule has 5 rings (SSSR count). The van der Waals surface area contributed by atoms with E-state index in [4.69, 9.17) is 0 Å². The molecule has 0 spiro atoms. The van der Waals surface area contributed by atoms with E-state index in [9.17, 15) is 18.0 Å². The van der Waals surface area contributed by atoms with Gasteiger partial charge in [-0.25, -0.2) is 4.72 Å². The van der Waals surface area contributed by atoms with Gasteiger partial charge in [-0.3, -0.25) is 9.59 Å². The van der Waals surface area contributed by atoms with Gasteiger partial charge in [0.25, 0.3) is 5.91 Å². The van der Waals surface area contributed by atoms with Crippen molar-refractivity contribution >= 4 is 27.7 Å². The summed E-state index contributed by atoms with van der Waals surface area (Å²) in [5.74, 6) is -1.53. The molecule has 0 radical (unpaired) electrons. The summed E-state index contributed by atoms with van der Waals surface area (Å²) < 4.78 is 28.4. The molecule has 3 aromatic carbocycles. The van der Waals surface area contributed by atoms with Crippen molar-refractivity contribution in [1.82, 2.24) is 13.9 Å². The fourth-order valence-electron chi connectivity index (χ4n) is 5.85. The molecule has 1 N–H and O–H groups in total. The van der Waals surface area contributed by atoms with Crippen LogP contribution >= 0.6 is 0 Å². The number of fused-ring (bicyclic) bond motifs is 1. The Balaban J connectivity index is 1.53. The second-order valence-corrected chi connectivity index (χ2v) is 12.6.